The van der Waals surface area contributed by atoms with Crippen LogP contribution in [-0.4, -0.2) is 44.4 Å². The van der Waals surface area contributed by atoms with E-state index in [0.717, 1.165) is 0 Å². The third-order valence-corrected chi connectivity index (χ3v) is 2.85. The second-order valence-corrected chi connectivity index (χ2v) is 4.51. The summed E-state index contributed by atoms with van der Waals surface area (Å²) >= 11 is 3.25. The molecule has 0 fully saturated rings. The topological polar surface area (TPSA) is 46.3 Å². The van der Waals surface area contributed by atoms with Crippen LogP contribution in [0.4, 0.5) is 14.6 Å². The Balaban J connectivity index is 2.43. The van der Waals surface area contributed by atoms with Crippen LogP contribution in [-0.2, 0) is 0 Å². The minimum Gasteiger partial charge on any atom is -0.347 e. The molecule has 0 saturated heterocycles. The molecular formula is C10H12BrF2N5. The van der Waals surface area contributed by atoms with Crippen LogP contribution in [0.2, 0.25) is 0 Å². The van der Waals surface area contributed by atoms with Crippen molar-refractivity contribution in [2.45, 2.75) is 13.3 Å². The highest BCUT2D eigenvalue weighted by atomic mass is 79.9. The maximum atomic E-state index is 12.6. The van der Waals surface area contributed by atoms with Crippen molar-refractivity contribution in [3.63, 3.8) is 0 Å². The van der Waals surface area contributed by atoms with Crippen LogP contribution >= 0.6 is 15.9 Å². The van der Waals surface area contributed by atoms with E-state index in [0.29, 0.717) is 29.2 Å². The van der Waals surface area contributed by atoms with E-state index in [-0.39, 0.29) is 6.54 Å². The predicted molar refractivity (Wildman–Crippen MR) is 67.5 cm³/mol. The van der Waals surface area contributed by atoms with E-state index in [1.807, 2.05) is 0 Å². The van der Waals surface area contributed by atoms with Gasteiger partial charge in [-0.25, -0.2) is 13.8 Å². The van der Waals surface area contributed by atoms with E-state index in [1.54, 1.807) is 23.7 Å². The molecule has 0 atom stereocenters. The van der Waals surface area contributed by atoms with Crippen molar-refractivity contribution in [2.24, 2.45) is 0 Å². The quantitative estimate of drug-likeness (QED) is 0.790. The molecule has 0 unspecified atom stereocenters. The largest absolute Gasteiger partial charge is 0.347 e. The lowest BCUT2D eigenvalue weighted by Crippen LogP contribution is -2.31. The summed E-state index contributed by atoms with van der Waals surface area (Å²) in [6.07, 6.45) is 0.851. The molecule has 0 spiro atoms. The molecule has 0 aliphatic rings. The van der Waals surface area contributed by atoms with Gasteiger partial charge in [0.25, 0.3) is 6.43 Å². The van der Waals surface area contributed by atoms with E-state index in [2.05, 4.69) is 31.1 Å². The molecule has 0 saturated carbocycles. The lowest BCUT2D eigenvalue weighted by Gasteiger charge is -2.22. The van der Waals surface area contributed by atoms with Crippen molar-refractivity contribution < 1.29 is 8.78 Å². The summed E-state index contributed by atoms with van der Waals surface area (Å²) in [6.45, 7) is 1.86. The van der Waals surface area contributed by atoms with E-state index >= 15 is 0 Å². The van der Waals surface area contributed by atoms with Crippen LogP contribution in [0, 0.1) is 6.92 Å². The minimum absolute atomic E-state index is 0.371. The zero-order valence-electron chi connectivity index (χ0n) is 9.72. The minimum atomic E-state index is -2.42. The van der Waals surface area contributed by atoms with Crippen LogP contribution < -0.4 is 4.90 Å². The monoisotopic (exact) mass is 319 g/mol. The fourth-order valence-electron chi connectivity index (χ4n) is 1.70. The van der Waals surface area contributed by atoms with E-state index < -0.39 is 6.43 Å². The van der Waals surface area contributed by atoms with Crippen LogP contribution in [0.3, 0.4) is 0 Å². The zero-order chi connectivity index (χ0) is 13.1. The molecule has 2 rings (SSSR count). The number of hydrogen-bond acceptors (Lipinski definition) is 4. The maximum Gasteiger partial charge on any atom is 0.255 e. The Morgan fingerprint density at radius 2 is 2.22 bits per heavy atom. The van der Waals surface area contributed by atoms with Crippen molar-refractivity contribution in [3.8, 4) is 0 Å². The van der Waals surface area contributed by atoms with Gasteiger partial charge in [0, 0.05) is 24.3 Å². The summed E-state index contributed by atoms with van der Waals surface area (Å²) in [4.78, 5) is 5.64. The van der Waals surface area contributed by atoms with Crippen molar-refractivity contribution in [3.05, 3.63) is 18.2 Å². The summed E-state index contributed by atoms with van der Waals surface area (Å²) < 4.78 is 26.9. The predicted octanol–water partition coefficient (Wildman–Crippen LogP) is 1.90. The Morgan fingerprint density at radius 3 is 2.89 bits per heavy atom. The standard InChI is InChI=1S/C10H12BrF2N5/c1-7-15-16-10-9(14-3-5-18(7)10)17(4-2-11)6-8(12)13/h3,5,8H,2,4,6H2,1H3. The number of hydrogen-bond donors (Lipinski definition) is 0. The van der Waals surface area contributed by atoms with Crippen molar-refractivity contribution in [1.29, 1.82) is 0 Å². The number of anilines is 1. The van der Waals surface area contributed by atoms with Gasteiger partial charge in [-0.2, -0.15) is 0 Å². The molecule has 2 heterocycles. The molecule has 2 aromatic rings. The summed E-state index contributed by atoms with van der Waals surface area (Å²) in [5, 5.41) is 8.48. The Hall–Kier alpha value is -1.31. The second kappa shape index (κ2) is 5.55. The van der Waals surface area contributed by atoms with Gasteiger partial charge in [-0.3, -0.25) is 4.40 Å². The summed E-state index contributed by atoms with van der Waals surface area (Å²) in [5.74, 6) is 1.13. The Labute approximate surface area is 111 Å². The number of nitrogens with zero attached hydrogens (tertiary/aromatic N) is 5. The fraction of sp³-hybridized carbons (Fsp3) is 0.500. The van der Waals surface area contributed by atoms with Crippen molar-refractivity contribution in [2.75, 3.05) is 23.3 Å². The van der Waals surface area contributed by atoms with Crippen LogP contribution in [0.1, 0.15) is 5.82 Å². The molecule has 5 nitrogen and oxygen atoms in total. The second-order valence-electron chi connectivity index (χ2n) is 3.72. The van der Waals surface area contributed by atoms with Crippen molar-refractivity contribution in [1.82, 2.24) is 19.6 Å². The smallest absolute Gasteiger partial charge is 0.255 e. The van der Waals surface area contributed by atoms with Gasteiger partial charge in [-0.15, -0.1) is 10.2 Å². The number of aryl methyl sites for hydroxylation is 1. The number of fused-ring (bicyclic) bond motifs is 1. The third-order valence-electron chi connectivity index (χ3n) is 2.49. The van der Waals surface area contributed by atoms with E-state index in [9.17, 15) is 8.78 Å². The lowest BCUT2D eigenvalue weighted by molar-refractivity contribution is 0.155. The fourth-order valence-corrected chi connectivity index (χ4v) is 2.13. The van der Waals surface area contributed by atoms with E-state index in [4.69, 9.17) is 0 Å². The number of halogens is 3. The average molecular weight is 320 g/mol. The first-order valence-corrected chi connectivity index (χ1v) is 6.51. The Kier molecular flexibility index (Phi) is 4.05. The Bertz CT molecular complexity index is 530. The maximum absolute atomic E-state index is 12.6. The Morgan fingerprint density at radius 1 is 1.44 bits per heavy atom. The molecule has 0 N–H and O–H groups in total. The molecule has 2 aromatic heterocycles. The zero-order valence-corrected chi connectivity index (χ0v) is 11.3. The first kappa shape index (κ1) is 13.1. The molecule has 8 heteroatoms. The molecule has 0 aromatic carbocycles. The van der Waals surface area contributed by atoms with Crippen LogP contribution in [0.15, 0.2) is 12.4 Å². The number of aromatic nitrogens is 4. The molecule has 0 bridgehead atoms. The first-order chi connectivity index (χ1) is 8.63. The summed E-state index contributed by atoms with van der Waals surface area (Å²) in [7, 11) is 0. The normalized spacial score (nSPS) is 11.4. The van der Waals surface area contributed by atoms with Crippen LogP contribution in [0.5, 0.6) is 0 Å². The number of alkyl halides is 3. The summed E-state index contributed by atoms with van der Waals surface area (Å²) in [6, 6.07) is 0. The van der Waals surface area contributed by atoms with Gasteiger partial charge in [0.2, 0.25) is 5.65 Å². The van der Waals surface area contributed by atoms with Gasteiger partial charge in [0.05, 0.1) is 6.54 Å². The highest BCUT2D eigenvalue weighted by molar-refractivity contribution is 9.09. The SMILES string of the molecule is Cc1nnc2c(N(CCBr)CC(F)F)nccn12. The van der Waals surface area contributed by atoms with Gasteiger partial charge in [-0.05, 0) is 6.92 Å². The molecular weight excluding hydrogens is 308 g/mol. The molecule has 0 radical (unpaired) electrons. The highest BCUT2D eigenvalue weighted by Crippen LogP contribution is 2.18. The first-order valence-electron chi connectivity index (χ1n) is 5.39. The van der Waals surface area contributed by atoms with E-state index in [1.165, 1.54) is 4.90 Å². The van der Waals surface area contributed by atoms with Crippen molar-refractivity contribution >= 4 is 27.4 Å². The molecule has 0 aliphatic carbocycles. The van der Waals surface area contributed by atoms with Gasteiger partial charge in [0.15, 0.2) is 5.82 Å². The van der Waals surface area contributed by atoms with Gasteiger partial charge in [-0.1, -0.05) is 15.9 Å². The third kappa shape index (κ3) is 2.58. The lowest BCUT2D eigenvalue weighted by atomic mass is 10.4. The molecule has 98 valence electrons. The molecule has 0 aliphatic heterocycles. The van der Waals surface area contributed by atoms with Gasteiger partial charge >= 0.3 is 0 Å². The molecule has 18 heavy (non-hydrogen) atoms. The average Bonchev–Trinajstić information content (AvgIpc) is 2.70. The van der Waals surface area contributed by atoms with Gasteiger partial charge < -0.3 is 4.90 Å². The van der Waals surface area contributed by atoms with Crippen LogP contribution in [0.25, 0.3) is 5.65 Å². The highest BCUT2D eigenvalue weighted by Gasteiger charge is 2.18. The number of rotatable bonds is 5. The summed E-state index contributed by atoms with van der Waals surface area (Å²) in [5.41, 5.74) is 0.497. The molecule has 0 amide bonds. The van der Waals surface area contributed by atoms with Gasteiger partial charge in [0.1, 0.15) is 5.82 Å².